The van der Waals surface area contributed by atoms with Gasteiger partial charge in [0.25, 0.3) is 0 Å². The van der Waals surface area contributed by atoms with Gasteiger partial charge in [0.15, 0.2) is 0 Å². The Balaban J connectivity index is 1.78. The van der Waals surface area contributed by atoms with E-state index in [-0.39, 0.29) is 0 Å². The van der Waals surface area contributed by atoms with Crippen LogP contribution in [0.5, 0.6) is 0 Å². The van der Waals surface area contributed by atoms with Gasteiger partial charge in [-0.25, -0.2) is 0 Å². The van der Waals surface area contributed by atoms with Crippen LogP contribution in [0.25, 0.3) is 0 Å². The summed E-state index contributed by atoms with van der Waals surface area (Å²) in [6.45, 7) is 2.57. The molecule has 4 heteroatoms. The van der Waals surface area contributed by atoms with E-state index in [1.165, 1.54) is 6.42 Å². The SMILES string of the molecule is O=C(O)C1(CCCC2CCCO2)CCNCC1. The molecule has 2 rings (SSSR count). The Labute approximate surface area is 103 Å². The van der Waals surface area contributed by atoms with Crippen LogP contribution >= 0.6 is 0 Å². The lowest BCUT2D eigenvalue weighted by Crippen LogP contribution is -2.42. The highest BCUT2D eigenvalue weighted by Gasteiger charge is 2.39. The Kier molecular flexibility index (Phi) is 4.40. The van der Waals surface area contributed by atoms with Crippen LogP contribution in [-0.2, 0) is 9.53 Å². The number of rotatable bonds is 5. The van der Waals surface area contributed by atoms with Crippen LogP contribution in [0, 0.1) is 5.41 Å². The fourth-order valence-corrected chi connectivity index (χ4v) is 3.02. The molecule has 2 aliphatic heterocycles. The maximum atomic E-state index is 11.4. The summed E-state index contributed by atoms with van der Waals surface area (Å²) in [6, 6.07) is 0. The maximum absolute atomic E-state index is 11.4. The lowest BCUT2D eigenvalue weighted by atomic mass is 9.75. The fourth-order valence-electron chi connectivity index (χ4n) is 3.02. The molecule has 2 heterocycles. The van der Waals surface area contributed by atoms with Crippen LogP contribution in [0.4, 0.5) is 0 Å². The molecule has 0 aliphatic carbocycles. The number of carboxylic acids is 1. The molecule has 2 saturated heterocycles. The van der Waals surface area contributed by atoms with Crippen molar-refractivity contribution in [3.05, 3.63) is 0 Å². The third-order valence-electron chi connectivity index (χ3n) is 4.22. The van der Waals surface area contributed by atoms with E-state index in [4.69, 9.17) is 4.74 Å². The number of ether oxygens (including phenoxy) is 1. The fraction of sp³-hybridized carbons (Fsp3) is 0.923. The Morgan fingerprint density at radius 3 is 2.76 bits per heavy atom. The van der Waals surface area contributed by atoms with Crippen molar-refractivity contribution in [2.45, 2.75) is 51.0 Å². The summed E-state index contributed by atoms with van der Waals surface area (Å²) in [7, 11) is 0. The standard InChI is InChI=1S/C13H23NO3/c15-12(16)13(6-8-14-9-7-13)5-1-3-11-4-2-10-17-11/h11,14H,1-10H2,(H,15,16). The smallest absolute Gasteiger partial charge is 0.309 e. The zero-order valence-corrected chi connectivity index (χ0v) is 10.4. The zero-order valence-electron chi connectivity index (χ0n) is 10.4. The largest absolute Gasteiger partial charge is 0.481 e. The molecule has 0 bridgehead atoms. The Morgan fingerprint density at radius 1 is 1.41 bits per heavy atom. The van der Waals surface area contributed by atoms with Gasteiger partial charge >= 0.3 is 5.97 Å². The van der Waals surface area contributed by atoms with Crippen molar-refractivity contribution in [1.29, 1.82) is 0 Å². The van der Waals surface area contributed by atoms with Crippen molar-refractivity contribution in [2.24, 2.45) is 5.41 Å². The monoisotopic (exact) mass is 241 g/mol. The van der Waals surface area contributed by atoms with E-state index in [1.807, 2.05) is 0 Å². The first kappa shape index (κ1) is 12.8. The van der Waals surface area contributed by atoms with Crippen LogP contribution in [0.1, 0.15) is 44.9 Å². The van der Waals surface area contributed by atoms with Gasteiger partial charge in [-0.15, -0.1) is 0 Å². The topological polar surface area (TPSA) is 58.6 Å². The lowest BCUT2D eigenvalue weighted by molar-refractivity contribution is -0.151. The summed E-state index contributed by atoms with van der Waals surface area (Å²) in [5.41, 5.74) is -0.468. The van der Waals surface area contributed by atoms with Crippen LogP contribution in [0.3, 0.4) is 0 Å². The molecule has 0 amide bonds. The molecule has 0 radical (unpaired) electrons. The van der Waals surface area contributed by atoms with Crippen molar-refractivity contribution in [3.63, 3.8) is 0 Å². The maximum Gasteiger partial charge on any atom is 0.309 e. The number of hydrogen-bond donors (Lipinski definition) is 2. The first-order valence-electron chi connectivity index (χ1n) is 6.79. The summed E-state index contributed by atoms with van der Waals surface area (Å²) < 4.78 is 5.58. The molecule has 98 valence electrons. The molecule has 2 fully saturated rings. The summed E-state index contributed by atoms with van der Waals surface area (Å²) >= 11 is 0. The van der Waals surface area contributed by atoms with Gasteiger partial charge < -0.3 is 15.2 Å². The molecule has 0 saturated carbocycles. The highest BCUT2D eigenvalue weighted by molar-refractivity contribution is 5.74. The molecular weight excluding hydrogens is 218 g/mol. The first-order valence-corrected chi connectivity index (χ1v) is 6.79. The van der Waals surface area contributed by atoms with Crippen molar-refractivity contribution < 1.29 is 14.6 Å². The van der Waals surface area contributed by atoms with Crippen LogP contribution in [0.2, 0.25) is 0 Å². The second-order valence-electron chi connectivity index (χ2n) is 5.36. The van der Waals surface area contributed by atoms with Crippen LogP contribution < -0.4 is 5.32 Å². The van der Waals surface area contributed by atoms with Gasteiger partial charge in [0, 0.05) is 6.61 Å². The van der Waals surface area contributed by atoms with Gasteiger partial charge in [-0.3, -0.25) is 4.79 Å². The average Bonchev–Trinajstić information content (AvgIpc) is 2.83. The number of aliphatic carboxylic acids is 1. The quantitative estimate of drug-likeness (QED) is 0.770. The minimum atomic E-state index is -0.605. The van der Waals surface area contributed by atoms with E-state index in [2.05, 4.69) is 5.32 Å². The zero-order chi connectivity index (χ0) is 12.1. The minimum absolute atomic E-state index is 0.391. The van der Waals surface area contributed by atoms with E-state index in [9.17, 15) is 9.90 Å². The van der Waals surface area contributed by atoms with Crippen molar-refractivity contribution in [3.8, 4) is 0 Å². The van der Waals surface area contributed by atoms with E-state index in [0.717, 1.165) is 58.2 Å². The number of nitrogens with one attached hydrogen (secondary N) is 1. The molecular formula is C13H23NO3. The van der Waals surface area contributed by atoms with E-state index < -0.39 is 11.4 Å². The summed E-state index contributed by atoms with van der Waals surface area (Å²) in [6.07, 6.45) is 7.08. The van der Waals surface area contributed by atoms with Crippen molar-refractivity contribution >= 4 is 5.97 Å². The molecule has 4 nitrogen and oxygen atoms in total. The molecule has 2 aliphatic rings. The number of piperidine rings is 1. The van der Waals surface area contributed by atoms with Crippen LogP contribution in [0.15, 0.2) is 0 Å². The van der Waals surface area contributed by atoms with Gasteiger partial charge in [-0.05, 0) is 58.0 Å². The predicted molar refractivity (Wildman–Crippen MR) is 65.0 cm³/mol. The third-order valence-corrected chi connectivity index (χ3v) is 4.22. The Hall–Kier alpha value is -0.610. The average molecular weight is 241 g/mol. The highest BCUT2D eigenvalue weighted by atomic mass is 16.5. The molecule has 0 aromatic carbocycles. The lowest BCUT2D eigenvalue weighted by Gasteiger charge is -2.33. The van der Waals surface area contributed by atoms with Gasteiger partial charge in [0.2, 0.25) is 0 Å². The summed E-state index contributed by atoms with van der Waals surface area (Å²) in [4.78, 5) is 11.4. The summed E-state index contributed by atoms with van der Waals surface area (Å²) in [5.74, 6) is -0.605. The Bertz CT molecular complexity index is 255. The van der Waals surface area contributed by atoms with Gasteiger partial charge in [-0.2, -0.15) is 0 Å². The molecule has 0 spiro atoms. The number of carboxylic acid groups (broad SMARTS) is 1. The molecule has 1 unspecified atom stereocenters. The predicted octanol–water partition coefficient (Wildman–Crippen LogP) is 1.79. The molecule has 0 aromatic heterocycles. The molecule has 2 N–H and O–H groups in total. The van der Waals surface area contributed by atoms with E-state index in [1.54, 1.807) is 0 Å². The van der Waals surface area contributed by atoms with Crippen LogP contribution in [-0.4, -0.2) is 36.9 Å². The van der Waals surface area contributed by atoms with Crippen molar-refractivity contribution in [2.75, 3.05) is 19.7 Å². The number of carbonyl (C=O) groups is 1. The molecule has 17 heavy (non-hydrogen) atoms. The Morgan fingerprint density at radius 2 is 2.18 bits per heavy atom. The van der Waals surface area contributed by atoms with Gasteiger partial charge in [0.05, 0.1) is 11.5 Å². The first-order chi connectivity index (χ1) is 8.23. The third kappa shape index (κ3) is 3.19. The second-order valence-corrected chi connectivity index (χ2v) is 5.36. The second kappa shape index (κ2) is 5.83. The normalized spacial score (nSPS) is 28.1. The van der Waals surface area contributed by atoms with E-state index >= 15 is 0 Å². The number of hydrogen-bond acceptors (Lipinski definition) is 3. The highest BCUT2D eigenvalue weighted by Crippen LogP contribution is 2.35. The van der Waals surface area contributed by atoms with Crippen molar-refractivity contribution in [1.82, 2.24) is 5.32 Å². The molecule has 0 aromatic rings. The van der Waals surface area contributed by atoms with Gasteiger partial charge in [-0.1, -0.05) is 0 Å². The minimum Gasteiger partial charge on any atom is -0.481 e. The summed E-state index contributed by atoms with van der Waals surface area (Å²) in [5, 5.41) is 12.7. The molecule has 1 atom stereocenters. The van der Waals surface area contributed by atoms with E-state index in [0.29, 0.717) is 6.10 Å². The van der Waals surface area contributed by atoms with Gasteiger partial charge in [0.1, 0.15) is 0 Å².